The molecule has 3 rings (SSSR count). The second kappa shape index (κ2) is 12.6. The number of hydrogen-bond donors (Lipinski definition) is 1. The lowest BCUT2D eigenvalue weighted by atomic mass is 9.89. The highest BCUT2D eigenvalue weighted by molar-refractivity contribution is 6.08. The summed E-state index contributed by atoms with van der Waals surface area (Å²) in [6.07, 6.45) is 0.583. The van der Waals surface area contributed by atoms with Gasteiger partial charge in [0.25, 0.3) is 11.8 Å². The fraction of sp³-hybridized carbons (Fsp3) is 0.455. The Kier molecular flexibility index (Phi) is 9.72. The molecule has 0 unspecified atom stereocenters. The van der Waals surface area contributed by atoms with E-state index >= 15 is 0 Å². The highest BCUT2D eigenvalue weighted by Gasteiger charge is 2.29. The Bertz CT molecular complexity index is 1250. The quantitative estimate of drug-likeness (QED) is 0.321. The first kappa shape index (κ1) is 29.4. The Balaban J connectivity index is 2.14. The number of carbonyl (C=O) groups excluding carboxylic acids is 2. The van der Waals surface area contributed by atoms with E-state index in [-0.39, 0.29) is 42.0 Å². The van der Waals surface area contributed by atoms with Crippen LogP contribution in [0, 0.1) is 0 Å². The normalized spacial score (nSPS) is 12.6. The van der Waals surface area contributed by atoms with Crippen LogP contribution in [-0.4, -0.2) is 52.8 Å². The van der Waals surface area contributed by atoms with Gasteiger partial charge in [0.1, 0.15) is 0 Å². The highest BCUT2D eigenvalue weighted by atomic mass is 16.2. The van der Waals surface area contributed by atoms with Crippen LogP contribution in [-0.2, 0) is 6.42 Å². The van der Waals surface area contributed by atoms with Crippen LogP contribution in [0.25, 0.3) is 10.8 Å². The van der Waals surface area contributed by atoms with Crippen molar-refractivity contribution in [2.75, 3.05) is 7.05 Å². The number of hydrogen-bond acceptors (Lipinski definition) is 3. The Hall–Kier alpha value is -3.18. The maximum Gasteiger partial charge on any atom is 0.255 e. The monoisotopic (exact) mass is 515 g/mol. The van der Waals surface area contributed by atoms with Gasteiger partial charge in [-0.25, -0.2) is 0 Å². The molecule has 5 nitrogen and oxygen atoms in total. The van der Waals surface area contributed by atoms with Crippen LogP contribution in [0.2, 0.25) is 0 Å². The average molecular weight is 516 g/mol. The average Bonchev–Trinajstić information content (AvgIpc) is 2.86. The van der Waals surface area contributed by atoms with Crippen molar-refractivity contribution in [2.45, 2.75) is 92.0 Å². The van der Waals surface area contributed by atoms with Gasteiger partial charge in [-0.1, -0.05) is 54.6 Å². The SMILES string of the molecule is CN[C@@H](Cc1ccc2ccccc2c1C(=O)N(C(C)C)C(C)C)c1ccccc1C(=O)N(C(C)C)C(C)C. The fourth-order valence-electron chi connectivity index (χ4n) is 5.72. The van der Waals surface area contributed by atoms with Gasteiger partial charge in [0.2, 0.25) is 0 Å². The van der Waals surface area contributed by atoms with Crippen LogP contribution in [0.15, 0.2) is 60.7 Å². The van der Waals surface area contributed by atoms with E-state index in [9.17, 15) is 9.59 Å². The Morgan fingerprint density at radius 2 is 1.21 bits per heavy atom. The lowest BCUT2D eigenvalue weighted by Crippen LogP contribution is -2.43. The third kappa shape index (κ3) is 6.10. The van der Waals surface area contributed by atoms with Crippen molar-refractivity contribution in [2.24, 2.45) is 0 Å². The first-order chi connectivity index (χ1) is 18.0. The Morgan fingerprint density at radius 3 is 1.79 bits per heavy atom. The van der Waals surface area contributed by atoms with E-state index in [0.29, 0.717) is 12.0 Å². The predicted octanol–water partition coefficient (Wildman–Crippen LogP) is 6.86. The third-order valence-corrected chi connectivity index (χ3v) is 7.26. The van der Waals surface area contributed by atoms with Crippen molar-refractivity contribution in [3.05, 3.63) is 82.9 Å². The lowest BCUT2D eigenvalue weighted by molar-refractivity contribution is 0.0632. The van der Waals surface area contributed by atoms with Crippen molar-refractivity contribution < 1.29 is 9.59 Å². The number of likely N-dealkylation sites (N-methyl/N-ethyl adjacent to an activating group) is 1. The molecule has 1 atom stereocenters. The van der Waals surface area contributed by atoms with Crippen LogP contribution >= 0.6 is 0 Å². The van der Waals surface area contributed by atoms with Gasteiger partial charge in [0.05, 0.1) is 5.56 Å². The van der Waals surface area contributed by atoms with Gasteiger partial charge in [-0.15, -0.1) is 0 Å². The number of nitrogens with one attached hydrogen (secondary N) is 1. The predicted molar refractivity (Wildman–Crippen MR) is 159 cm³/mol. The zero-order valence-corrected chi connectivity index (χ0v) is 24.6. The number of nitrogens with zero attached hydrogens (tertiary/aromatic N) is 2. The maximum atomic E-state index is 14.1. The van der Waals surface area contributed by atoms with Gasteiger partial charge in [0.15, 0.2) is 0 Å². The van der Waals surface area contributed by atoms with E-state index in [1.165, 1.54) is 0 Å². The highest BCUT2D eigenvalue weighted by Crippen LogP contribution is 2.31. The Labute approximate surface area is 229 Å². The first-order valence-corrected chi connectivity index (χ1v) is 13.9. The molecule has 1 N–H and O–H groups in total. The van der Waals surface area contributed by atoms with Gasteiger partial charge in [0, 0.05) is 35.8 Å². The summed E-state index contributed by atoms with van der Waals surface area (Å²) in [7, 11) is 1.92. The molecule has 204 valence electrons. The molecule has 0 aromatic heterocycles. The molecule has 0 aliphatic rings. The molecule has 0 heterocycles. The molecule has 0 radical (unpaired) electrons. The molecule has 3 aromatic rings. The number of carbonyl (C=O) groups is 2. The van der Waals surface area contributed by atoms with E-state index in [1.807, 2.05) is 59.3 Å². The number of benzene rings is 3. The van der Waals surface area contributed by atoms with Crippen molar-refractivity contribution >= 4 is 22.6 Å². The van der Waals surface area contributed by atoms with Crippen LogP contribution in [0.4, 0.5) is 0 Å². The topological polar surface area (TPSA) is 52.7 Å². The van der Waals surface area contributed by atoms with Gasteiger partial charge in [-0.3, -0.25) is 9.59 Å². The summed E-state index contributed by atoms with van der Waals surface area (Å²) in [6.45, 7) is 16.5. The first-order valence-electron chi connectivity index (χ1n) is 13.9. The maximum absolute atomic E-state index is 14.1. The molecular formula is C33H45N3O2. The van der Waals surface area contributed by atoms with Crippen molar-refractivity contribution in [1.82, 2.24) is 15.1 Å². The van der Waals surface area contributed by atoms with Crippen molar-refractivity contribution in [3.63, 3.8) is 0 Å². The summed E-state index contributed by atoms with van der Waals surface area (Å²) < 4.78 is 0. The van der Waals surface area contributed by atoms with Gasteiger partial charge >= 0.3 is 0 Å². The number of amides is 2. The standard InChI is InChI=1S/C33H45N3O2/c1-21(2)35(22(3)4)32(37)29-17-13-12-16-28(29)30(34-9)20-26-19-18-25-14-10-11-15-27(25)31(26)33(38)36(23(5)6)24(7)8/h10-19,21-24,30,34H,20H2,1-9H3/t30-/m0/s1. The van der Waals surface area contributed by atoms with Crippen LogP contribution in [0.1, 0.15) is 93.3 Å². The largest absolute Gasteiger partial charge is 0.334 e. The van der Waals surface area contributed by atoms with E-state index in [4.69, 9.17) is 0 Å². The second-order valence-corrected chi connectivity index (χ2v) is 11.3. The minimum Gasteiger partial charge on any atom is -0.334 e. The molecular weight excluding hydrogens is 470 g/mol. The summed E-state index contributed by atoms with van der Waals surface area (Å²) in [6, 6.07) is 20.3. The molecule has 0 spiro atoms. The van der Waals surface area contributed by atoms with Gasteiger partial charge in [-0.05, 0) is 96.8 Å². The van der Waals surface area contributed by atoms with Crippen molar-refractivity contribution in [1.29, 1.82) is 0 Å². The smallest absolute Gasteiger partial charge is 0.255 e. The summed E-state index contributed by atoms with van der Waals surface area (Å²) >= 11 is 0. The Morgan fingerprint density at radius 1 is 0.684 bits per heavy atom. The van der Waals surface area contributed by atoms with E-state index in [2.05, 4.69) is 78.9 Å². The summed E-state index contributed by atoms with van der Waals surface area (Å²) in [5.41, 5.74) is 3.38. The van der Waals surface area contributed by atoms with Crippen LogP contribution in [0.3, 0.4) is 0 Å². The summed E-state index contributed by atoms with van der Waals surface area (Å²) in [5, 5.41) is 5.47. The fourth-order valence-corrected chi connectivity index (χ4v) is 5.72. The molecule has 0 saturated carbocycles. The molecule has 0 fully saturated rings. The van der Waals surface area contributed by atoms with Crippen LogP contribution < -0.4 is 5.32 Å². The lowest BCUT2D eigenvalue weighted by Gasteiger charge is -2.33. The summed E-state index contributed by atoms with van der Waals surface area (Å²) in [5.74, 6) is 0.0817. The molecule has 5 heteroatoms. The molecule has 38 heavy (non-hydrogen) atoms. The minimum atomic E-state index is -0.143. The van der Waals surface area contributed by atoms with Crippen molar-refractivity contribution in [3.8, 4) is 0 Å². The molecule has 0 aliphatic heterocycles. The molecule has 0 bridgehead atoms. The molecule has 0 saturated heterocycles. The van der Waals surface area contributed by atoms with E-state index in [1.54, 1.807) is 0 Å². The second-order valence-electron chi connectivity index (χ2n) is 11.3. The van der Waals surface area contributed by atoms with Crippen LogP contribution in [0.5, 0.6) is 0 Å². The minimum absolute atomic E-state index is 0.0338. The van der Waals surface area contributed by atoms with E-state index in [0.717, 1.165) is 27.5 Å². The molecule has 0 aliphatic carbocycles. The zero-order chi connectivity index (χ0) is 28.1. The molecule has 3 aromatic carbocycles. The third-order valence-electron chi connectivity index (χ3n) is 7.26. The number of rotatable bonds is 10. The van der Waals surface area contributed by atoms with E-state index < -0.39 is 0 Å². The molecule has 2 amide bonds. The zero-order valence-electron chi connectivity index (χ0n) is 24.6. The van der Waals surface area contributed by atoms with Gasteiger partial charge < -0.3 is 15.1 Å². The van der Waals surface area contributed by atoms with Gasteiger partial charge in [-0.2, -0.15) is 0 Å². The summed E-state index contributed by atoms with van der Waals surface area (Å²) in [4.78, 5) is 31.8. The number of fused-ring (bicyclic) bond motifs is 1.